The van der Waals surface area contributed by atoms with Crippen LogP contribution in [0.25, 0.3) is 6.08 Å². The molecule has 0 radical (unpaired) electrons. The van der Waals surface area contributed by atoms with Crippen molar-refractivity contribution < 1.29 is 4.79 Å². The quantitative estimate of drug-likeness (QED) is 0.707. The fourth-order valence-corrected chi connectivity index (χ4v) is 3.06. The first kappa shape index (κ1) is 13.5. The van der Waals surface area contributed by atoms with Gasteiger partial charge in [0.2, 0.25) is 5.91 Å². The van der Waals surface area contributed by atoms with E-state index in [4.69, 9.17) is 0 Å². The Labute approximate surface area is 124 Å². The minimum Gasteiger partial charge on any atom is -0.349 e. The molecule has 3 rings (SSSR count). The van der Waals surface area contributed by atoms with Gasteiger partial charge in [-0.3, -0.25) is 14.2 Å². The van der Waals surface area contributed by atoms with Gasteiger partial charge in [-0.1, -0.05) is 35.6 Å². The molecule has 0 spiro atoms. The van der Waals surface area contributed by atoms with Gasteiger partial charge in [-0.2, -0.15) is 0 Å². The van der Waals surface area contributed by atoms with Gasteiger partial charge in [0.05, 0.1) is 12.2 Å². The highest BCUT2D eigenvalue weighted by molar-refractivity contribution is 7.07. The number of hydrogen-bond acceptors (Lipinski definition) is 4. The first-order valence-corrected chi connectivity index (χ1v) is 7.27. The molecular weight excluding hydrogens is 286 g/mol. The van der Waals surface area contributed by atoms with Crippen LogP contribution < -0.4 is 20.2 Å². The number of para-hydroxylation sites is 1. The van der Waals surface area contributed by atoms with Crippen LogP contribution in [0.15, 0.2) is 46.7 Å². The lowest BCUT2D eigenvalue weighted by Gasteiger charge is -2.10. The summed E-state index contributed by atoms with van der Waals surface area (Å²) in [6.45, 7) is 4.39. The van der Waals surface area contributed by atoms with Crippen LogP contribution in [0.3, 0.4) is 0 Å². The number of rotatable bonds is 3. The molecule has 0 saturated heterocycles. The molecule has 0 saturated carbocycles. The molecule has 1 aromatic heterocycles. The second-order valence-electron chi connectivity index (χ2n) is 4.56. The molecule has 1 aromatic carbocycles. The molecule has 0 aliphatic carbocycles. The molecule has 0 unspecified atom stereocenters. The second kappa shape index (κ2) is 5.49. The highest BCUT2D eigenvalue weighted by atomic mass is 32.1. The molecule has 106 valence electrons. The smallest absolute Gasteiger partial charge is 0.270 e. The van der Waals surface area contributed by atoms with Crippen LogP contribution >= 0.6 is 11.3 Å². The normalized spacial score (nSPS) is 13.0. The van der Waals surface area contributed by atoms with E-state index in [2.05, 4.69) is 16.9 Å². The molecule has 0 bridgehead atoms. The maximum Gasteiger partial charge on any atom is 0.270 e. The zero-order valence-corrected chi connectivity index (χ0v) is 12.0. The molecule has 2 aromatic rings. The monoisotopic (exact) mass is 299 g/mol. The van der Waals surface area contributed by atoms with E-state index >= 15 is 0 Å². The Bertz CT molecular complexity index is 892. The van der Waals surface area contributed by atoms with Gasteiger partial charge in [0.1, 0.15) is 4.53 Å². The van der Waals surface area contributed by atoms with Crippen LogP contribution in [0.2, 0.25) is 0 Å². The summed E-state index contributed by atoms with van der Waals surface area (Å²) in [4.78, 5) is 29.1. The molecule has 21 heavy (non-hydrogen) atoms. The summed E-state index contributed by atoms with van der Waals surface area (Å²) >= 11 is 1.23. The van der Waals surface area contributed by atoms with Gasteiger partial charge < -0.3 is 5.32 Å². The lowest BCUT2D eigenvalue weighted by atomic mass is 10.1. The van der Waals surface area contributed by atoms with Crippen molar-refractivity contribution in [1.29, 1.82) is 0 Å². The maximum absolute atomic E-state index is 12.3. The molecule has 1 N–H and O–H groups in total. The van der Waals surface area contributed by atoms with Gasteiger partial charge in [0, 0.05) is 12.6 Å². The summed E-state index contributed by atoms with van der Waals surface area (Å²) in [6.07, 6.45) is 2.91. The van der Waals surface area contributed by atoms with E-state index in [-0.39, 0.29) is 11.5 Å². The molecule has 1 aliphatic rings. The standard InChI is InChI=1S/C15H13N3O2S/c1-2-7-16-13(19)8-12-14(20)18-9-10-5-3-4-6-11(10)17-15(18)21-12/h2-6,8H,1,7,9H2,(H,16,19)/b12-8-. The van der Waals surface area contributed by atoms with Crippen LogP contribution in [0.5, 0.6) is 0 Å². The van der Waals surface area contributed by atoms with Gasteiger partial charge in [-0.05, 0) is 11.6 Å². The molecular formula is C15H13N3O2S. The van der Waals surface area contributed by atoms with Crippen molar-refractivity contribution >= 4 is 29.0 Å². The molecule has 1 amide bonds. The number of amides is 1. The topological polar surface area (TPSA) is 63.5 Å². The van der Waals surface area contributed by atoms with Crippen LogP contribution in [0.4, 0.5) is 5.69 Å². The Morgan fingerprint density at radius 3 is 3.10 bits per heavy atom. The largest absolute Gasteiger partial charge is 0.349 e. The molecule has 0 atom stereocenters. The van der Waals surface area contributed by atoms with E-state index in [1.165, 1.54) is 17.4 Å². The number of carbonyl (C=O) groups is 1. The average Bonchev–Trinajstić information content (AvgIpc) is 2.79. The molecule has 0 fully saturated rings. The Hall–Kier alpha value is -2.47. The first-order chi connectivity index (χ1) is 10.2. The SMILES string of the molecule is C=CCNC(=O)/C=c1\sc2n(c1=O)Cc1ccccc1N=2. The average molecular weight is 299 g/mol. The number of nitrogens with zero attached hydrogens (tertiary/aromatic N) is 2. The third-order valence-electron chi connectivity index (χ3n) is 3.11. The summed E-state index contributed by atoms with van der Waals surface area (Å²) in [7, 11) is 0. The molecule has 2 heterocycles. The van der Waals surface area contributed by atoms with Crippen molar-refractivity contribution in [3.05, 3.63) is 62.2 Å². The van der Waals surface area contributed by atoms with Gasteiger partial charge in [-0.25, -0.2) is 4.99 Å². The maximum atomic E-state index is 12.3. The van der Waals surface area contributed by atoms with Crippen LogP contribution in [-0.2, 0) is 11.3 Å². The van der Waals surface area contributed by atoms with Crippen molar-refractivity contribution in [2.24, 2.45) is 4.99 Å². The lowest BCUT2D eigenvalue weighted by molar-refractivity contribution is -0.114. The summed E-state index contributed by atoms with van der Waals surface area (Å²) < 4.78 is 1.99. The fourth-order valence-electron chi connectivity index (χ4n) is 2.10. The van der Waals surface area contributed by atoms with E-state index in [0.717, 1.165) is 11.3 Å². The number of thiazole rings is 1. The molecule has 1 aliphatic heterocycles. The Kier molecular flexibility index (Phi) is 3.53. The summed E-state index contributed by atoms with van der Waals surface area (Å²) in [6, 6.07) is 7.71. The number of hydrogen-bond donors (Lipinski definition) is 1. The number of benzene rings is 1. The van der Waals surface area contributed by atoms with E-state index in [1.807, 2.05) is 24.3 Å². The fraction of sp³-hybridized carbons (Fsp3) is 0.133. The van der Waals surface area contributed by atoms with Crippen molar-refractivity contribution in [2.45, 2.75) is 6.54 Å². The number of carbonyl (C=O) groups excluding carboxylic acids is 1. The van der Waals surface area contributed by atoms with Crippen molar-refractivity contribution in [3.8, 4) is 0 Å². The zero-order chi connectivity index (χ0) is 14.8. The van der Waals surface area contributed by atoms with Crippen LogP contribution in [-0.4, -0.2) is 17.0 Å². The van der Waals surface area contributed by atoms with Gasteiger partial charge >= 0.3 is 0 Å². The van der Waals surface area contributed by atoms with Crippen molar-refractivity contribution in [1.82, 2.24) is 9.88 Å². The highest BCUT2D eigenvalue weighted by Gasteiger charge is 2.14. The predicted octanol–water partition coefficient (Wildman–Crippen LogP) is 0.306. The van der Waals surface area contributed by atoms with Gasteiger partial charge in [0.15, 0.2) is 4.80 Å². The zero-order valence-electron chi connectivity index (χ0n) is 11.2. The minimum absolute atomic E-state index is 0.179. The van der Waals surface area contributed by atoms with E-state index in [1.54, 1.807) is 10.6 Å². The third-order valence-corrected chi connectivity index (χ3v) is 4.11. The van der Waals surface area contributed by atoms with Gasteiger partial charge in [0.25, 0.3) is 5.56 Å². The van der Waals surface area contributed by atoms with E-state index in [9.17, 15) is 9.59 Å². The number of aromatic nitrogens is 1. The highest BCUT2D eigenvalue weighted by Crippen LogP contribution is 2.20. The Balaban J connectivity index is 2.06. The number of fused-ring (bicyclic) bond motifs is 2. The third kappa shape index (κ3) is 2.57. The Morgan fingerprint density at radius 2 is 2.29 bits per heavy atom. The Morgan fingerprint density at radius 1 is 1.48 bits per heavy atom. The summed E-state index contributed by atoms with van der Waals surface area (Å²) in [5.74, 6) is -0.302. The van der Waals surface area contributed by atoms with Crippen LogP contribution in [0, 0.1) is 0 Å². The molecule has 6 heteroatoms. The van der Waals surface area contributed by atoms with Crippen molar-refractivity contribution in [3.63, 3.8) is 0 Å². The molecule has 5 nitrogen and oxygen atoms in total. The van der Waals surface area contributed by atoms with E-state index in [0.29, 0.717) is 22.4 Å². The number of nitrogens with one attached hydrogen (secondary N) is 1. The second-order valence-corrected chi connectivity index (χ2v) is 5.57. The lowest BCUT2D eigenvalue weighted by Crippen LogP contribution is -2.34. The van der Waals surface area contributed by atoms with E-state index < -0.39 is 0 Å². The summed E-state index contributed by atoms with van der Waals surface area (Å²) in [5.41, 5.74) is 1.70. The minimum atomic E-state index is -0.302. The van der Waals surface area contributed by atoms with Crippen LogP contribution in [0.1, 0.15) is 5.56 Å². The first-order valence-electron chi connectivity index (χ1n) is 6.46. The van der Waals surface area contributed by atoms with Crippen molar-refractivity contribution in [2.75, 3.05) is 6.54 Å². The predicted molar refractivity (Wildman–Crippen MR) is 82.2 cm³/mol. The summed E-state index contributed by atoms with van der Waals surface area (Å²) in [5, 5.41) is 2.62. The van der Waals surface area contributed by atoms with Gasteiger partial charge in [-0.15, -0.1) is 6.58 Å².